The Balaban J connectivity index is 1.86. The van der Waals surface area contributed by atoms with Crippen molar-refractivity contribution in [1.82, 2.24) is 10.2 Å². The summed E-state index contributed by atoms with van der Waals surface area (Å²) in [6.45, 7) is 7.48. The lowest BCUT2D eigenvalue weighted by molar-refractivity contribution is -0.0318. The molecule has 0 amide bonds. The Morgan fingerprint density at radius 1 is 1.44 bits per heavy atom. The van der Waals surface area contributed by atoms with E-state index in [-0.39, 0.29) is 0 Å². The van der Waals surface area contributed by atoms with Crippen LogP contribution in [0, 0.1) is 11.3 Å². The number of rotatable bonds is 4. The van der Waals surface area contributed by atoms with E-state index in [1.54, 1.807) is 0 Å². The van der Waals surface area contributed by atoms with Gasteiger partial charge in [0.2, 0.25) is 5.13 Å². The van der Waals surface area contributed by atoms with Crippen LogP contribution < -0.4 is 11.3 Å². The Hall–Kier alpha value is -0.720. The molecule has 0 aliphatic heterocycles. The highest BCUT2D eigenvalue weighted by atomic mass is 32.1. The SMILES string of the molecule is CC1CC(OCc2nnc(NN)s2)CC(C)(C)C1. The highest BCUT2D eigenvalue weighted by molar-refractivity contribution is 7.15. The molecule has 0 saturated heterocycles. The molecule has 1 fully saturated rings. The molecular formula is C12H22N4OS. The van der Waals surface area contributed by atoms with Crippen molar-refractivity contribution in [3.8, 4) is 0 Å². The third kappa shape index (κ3) is 3.63. The van der Waals surface area contributed by atoms with Crippen molar-refractivity contribution < 1.29 is 4.74 Å². The van der Waals surface area contributed by atoms with E-state index in [4.69, 9.17) is 10.6 Å². The average Bonchev–Trinajstić information content (AvgIpc) is 2.71. The first-order valence-electron chi connectivity index (χ1n) is 6.39. The van der Waals surface area contributed by atoms with Gasteiger partial charge in [-0.1, -0.05) is 32.1 Å². The van der Waals surface area contributed by atoms with Crippen molar-refractivity contribution in [3.63, 3.8) is 0 Å². The van der Waals surface area contributed by atoms with Gasteiger partial charge >= 0.3 is 0 Å². The largest absolute Gasteiger partial charge is 0.371 e. The molecule has 1 heterocycles. The van der Waals surface area contributed by atoms with Crippen molar-refractivity contribution in [3.05, 3.63) is 5.01 Å². The van der Waals surface area contributed by atoms with Crippen molar-refractivity contribution >= 4 is 16.5 Å². The molecule has 3 N–H and O–H groups in total. The standard InChI is InChI=1S/C12H22N4OS/c1-8-4-9(6-12(2,3)5-8)17-7-10-15-16-11(14-13)18-10/h8-9H,4-7,13H2,1-3H3,(H,14,16). The van der Waals surface area contributed by atoms with Gasteiger partial charge in [0.25, 0.3) is 0 Å². The minimum absolute atomic E-state index is 0.335. The van der Waals surface area contributed by atoms with Crippen LogP contribution in [0.4, 0.5) is 5.13 Å². The molecular weight excluding hydrogens is 248 g/mol. The Kier molecular flexibility index (Phi) is 4.19. The third-order valence-electron chi connectivity index (χ3n) is 3.38. The number of nitrogens with two attached hydrogens (primary N) is 1. The van der Waals surface area contributed by atoms with Gasteiger partial charge in [0.05, 0.1) is 6.10 Å². The maximum Gasteiger partial charge on any atom is 0.219 e. The second-order valence-corrected chi connectivity index (χ2v) is 7.05. The smallest absolute Gasteiger partial charge is 0.219 e. The first-order chi connectivity index (χ1) is 8.48. The molecule has 5 nitrogen and oxygen atoms in total. The van der Waals surface area contributed by atoms with E-state index in [1.807, 2.05) is 0 Å². The minimum Gasteiger partial charge on any atom is -0.371 e. The maximum atomic E-state index is 5.97. The predicted octanol–water partition coefficient (Wildman–Crippen LogP) is 2.56. The van der Waals surface area contributed by atoms with Crippen LogP contribution in [0.2, 0.25) is 0 Å². The van der Waals surface area contributed by atoms with Crippen LogP contribution in [-0.2, 0) is 11.3 Å². The molecule has 0 bridgehead atoms. The molecule has 1 aliphatic carbocycles. The van der Waals surface area contributed by atoms with Crippen LogP contribution in [0.5, 0.6) is 0 Å². The summed E-state index contributed by atoms with van der Waals surface area (Å²) >= 11 is 1.44. The molecule has 2 rings (SSSR count). The lowest BCUT2D eigenvalue weighted by atomic mass is 9.71. The van der Waals surface area contributed by atoms with Gasteiger partial charge in [0, 0.05) is 0 Å². The second-order valence-electron chi connectivity index (χ2n) is 5.99. The summed E-state index contributed by atoms with van der Waals surface area (Å²) in [5.74, 6) is 6.00. The van der Waals surface area contributed by atoms with Crippen molar-refractivity contribution in [2.45, 2.75) is 52.7 Å². The number of nitrogens with one attached hydrogen (secondary N) is 1. The molecule has 2 unspecified atom stereocenters. The third-order valence-corrected chi connectivity index (χ3v) is 4.21. The predicted molar refractivity (Wildman–Crippen MR) is 73.1 cm³/mol. The fourth-order valence-corrected chi connectivity index (χ4v) is 3.52. The molecule has 0 spiro atoms. The van der Waals surface area contributed by atoms with Crippen LogP contribution >= 0.6 is 11.3 Å². The van der Waals surface area contributed by atoms with Gasteiger partial charge in [-0.05, 0) is 30.6 Å². The molecule has 0 radical (unpaired) electrons. The maximum absolute atomic E-state index is 5.97. The van der Waals surface area contributed by atoms with E-state index in [9.17, 15) is 0 Å². The Bertz CT molecular complexity index is 393. The van der Waals surface area contributed by atoms with Crippen molar-refractivity contribution in [2.24, 2.45) is 17.2 Å². The molecule has 1 aromatic rings. The van der Waals surface area contributed by atoms with Gasteiger partial charge in [-0.2, -0.15) is 0 Å². The number of hydrazine groups is 1. The van der Waals surface area contributed by atoms with Gasteiger partial charge in [0.1, 0.15) is 11.6 Å². The van der Waals surface area contributed by atoms with Crippen molar-refractivity contribution in [1.29, 1.82) is 0 Å². The first kappa shape index (κ1) is 13.7. The number of hydrogen-bond donors (Lipinski definition) is 2. The Labute approximate surface area is 112 Å². The Morgan fingerprint density at radius 2 is 2.22 bits per heavy atom. The zero-order chi connectivity index (χ0) is 13.2. The Morgan fingerprint density at radius 3 is 2.83 bits per heavy atom. The van der Waals surface area contributed by atoms with E-state index in [2.05, 4.69) is 36.4 Å². The summed E-state index contributed by atoms with van der Waals surface area (Å²) in [4.78, 5) is 0. The number of anilines is 1. The summed E-state index contributed by atoms with van der Waals surface area (Å²) in [5.41, 5.74) is 2.88. The van der Waals surface area contributed by atoms with E-state index < -0.39 is 0 Å². The van der Waals surface area contributed by atoms with Crippen LogP contribution in [0.15, 0.2) is 0 Å². The van der Waals surface area contributed by atoms with Crippen LogP contribution in [0.25, 0.3) is 0 Å². The normalized spacial score (nSPS) is 27.1. The van der Waals surface area contributed by atoms with E-state index in [0.29, 0.717) is 23.3 Å². The summed E-state index contributed by atoms with van der Waals surface area (Å²) in [7, 11) is 0. The molecule has 0 aromatic carbocycles. The topological polar surface area (TPSA) is 73.1 Å². The van der Waals surface area contributed by atoms with E-state index in [1.165, 1.54) is 17.8 Å². The van der Waals surface area contributed by atoms with Gasteiger partial charge in [-0.25, -0.2) is 5.84 Å². The summed E-state index contributed by atoms with van der Waals surface area (Å²) in [6, 6.07) is 0. The monoisotopic (exact) mass is 270 g/mol. The lowest BCUT2D eigenvalue weighted by Gasteiger charge is -2.38. The van der Waals surface area contributed by atoms with Gasteiger partial charge in [-0.3, -0.25) is 5.43 Å². The zero-order valence-corrected chi connectivity index (χ0v) is 12.1. The molecule has 1 aliphatic rings. The quantitative estimate of drug-likeness (QED) is 0.650. The van der Waals surface area contributed by atoms with Gasteiger partial charge in [-0.15, -0.1) is 10.2 Å². The fourth-order valence-electron chi connectivity index (χ4n) is 2.94. The minimum atomic E-state index is 0.335. The molecule has 102 valence electrons. The number of hydrogen-bond acceptors (Lipinski definition) is 6. The van der Waals surface area contributed by atoms with Crippen LogP contribution in [-0.4, -0.2) is 16.3 Å². The fraction of sp³-hybridized carbons (Fsp3) is 0.833. The number of ether oxygens (including phenoxy) is 1. The molecule has 2 atom stereocenters. The highest BCUT2D eigenvalue weighted by Gasteiger charge is 2.32. The lowest BCUT2D eigenvalue weighted by Crippen LogP contribution is -2.32. The summed E-state index contributed by atoms with van der Waals surface area (Å²) in [5, 5.41) is 9.43. The average molecular weight is 270 g/mol. The number of nitrogens with zero attached hydrogens (tertiary/aromatic N) is 2. The highest BCUT2D eigenvalue weighted by Crippen LogP contribution is 2.39. The summed E-state index contributed by atoms with van der Waals surface area (Å²) < 4.78 is 5.97. The van der Waals surface area contributed by atoms with Crippen molar-refractivity contribution in [2.75, 3.05) is 5.43 Å². The molecule has 6 heteroatoms. The molecule has 18 heavy (non-hydrogen) atoms. The molecule has 1 aromatic heterocycles. The van der Waals surface area contributed by atoms with Crippen LogP contribution in [0.1, 0.15) is 45.0 Å². The van der Waals surface area contributed by atoms with Gasteiger partial charge in [0.15, 0.2) is 0 Å². The van der Waals surface area contributed by atoms with Gasteiger partial charge < -0.3 is 4.74 Å². The number of aromatic nitrogens is 2. The van der Waals surface area contributed by atoms with E-state index in [0.717, 1.165) is 23.8 Å². The van der Waals surface area contributed by atoms with E-state index >= 15 is 0 Å². The number of nitrogen functional groups attached to an aromatic ring is 1. The second kappa shape index (κ2) is 5.50. The zero-order valence-electron chi connectivity index (χ0n) is 11.3. The molecule has 1 saturated carbocycles. The van der Waals surface area contributed by atoms with Crippen LogP contribution in [0.3, 0.4) is 0 Å². The summed E-state index contributed by atoms with van der Waals surface area (Å²) in [6.07, 6.45) is 3.89. The first-order valence-corrected chi connectivity index (χ1v) is 7.21.